The smallest absolute Gasteiger partial charge is 0.221 e. The minimum Gasteiger partial charge on any atom is -0.436 e. The third kappa shape index (κ3) is 5.17. The van der Waals surface area contributed by atoms with E-state index < -0.39 is 17.5 Å². The molecule has 1 amide bonds. The summed E-state index contributed by atoms with van der Waals surface area (Å²) in [6.45, 7) is 1.49. The third-order valence-corrected chi connectivity index (χ3v) is 4.13. The summed E-state index contributed by atoms with van der Waals surface area (Å²) >= 11 is 0. The molecule has 0 aliphatic carbocycles. The van der Waals surface area contributed by atoms with Gasteiger partial charge in [-0.1, -0.05) is 0 Å². The summed E-state index contributed by atoms with van der Waals surface area (Å²) in [5, 5.41) is 2.73. The Labute approximate surface area is 165 Å². The molecule has 1 aromatic heterocycles. The normalized spacial score (nSPS) is 13.1. The standard InChI is InChI=1S/C19H20F3N5O2/c20-13-1-4-17(25-11-13)29-15-3-2-14(18(21)19(15)22)27-10-9-26(12-27)8-7-24-16(28)5-6-23/h1-4,9-11H,5-8,12,23H2,(H,24,28). The zero-order valence-corrected chi connectivity index (χ0v) is 15.4. The molecule has 1 aromatic carbocycles. The highest BCUT2D eigenvalue weighted by Crippen LogP contribution is 2.32. The van der Waals surface area contributed by atoms with Gasteiger partial charge in [0.15, 0.2) is 11.6 Å². The van der Waals surface area contributed by atoms with Crippen molar-refractivity contribution >= 4 is 11.6 Å². The van der Waals surface area contributed by atoms with Crippen LogP contribution in [0.2, 0.25) is 0 Å². The Morgan fingerprint density at radius 3 is 2.72 bits per heavy atom. The molecule has 0 saturated heterocycles. The number of carbonyl (C=O) groups excluding carboxylic acids is 1. The minimum absolute atomic E-state index is 0.0350. The summed E-state index contributed by atoms with van der Waals surface area (Å²) in [6, 6.07) is 4.98. The Bertz CT molecular complexity index is 892. The number of aromatic nitrogens is 1. The van der Waals surface area contributed by atoms with Crippen molar-refractivity contribution in [2.45, 2.75) is 6.42 Å². The number of nitrogens with one attached hydrogen (secondary N) is 1. The molecular weight excluding hydrogens is 387 g/mol. The Morgan fingerprint density at radius 2 is 2.00 bits per heavy atom. The lowest BCUT2D eigenvalue weighted by Gasteiger charge is -2.22. The number of anilines is 1. The van der Waals surface area contributed by atoms with Gasteiger partial charge in [-0.05, 0) is 18.2 Å². The van der Waals surface area contributed by atoms with E-state index in [4.69, 9.17) is 10.5 Å². The molecule has 2 heterocycles. The van der Waals surface area contributed by atoms with Crippen LogP contribution in [0.3, 0.4) is 0 Å². The Balaban J connectivity index is 1.60. The van der Waals surface area contributed by atoms with Crippen LogP contribution in [0.4, 0.5) is 18.9 Å². The number of ether oxygens (including phenoxy) is 1. The van der Waals surface area contributed by atoms with Crippen LogP contribution in [0, 0.1) is 17.5 Å². The molecule has 0 radical (unpaired) electrons. The van der Waals surface area contributed by atoms with Crippen molar-refractivity contribution in [2.24, 2.45) is 5.73 Å². The van der Waals surface area contributed by atoms with Crippen LogP contribution in [-0.2, 0) is 4.79 Å². The number of hydrogen-bond acceptors (Lipinski definition) is 6. The second-order valence-electron chi connectivity index (χ2n) is 6.24. The fourth-order valence-electron chi connectivity index (χ4n) is 2.68. The number of amides is 1. The van der Waals surface area contributed by atoms with Crippen molar-refractivity contribution in [3.63, 3.8) is 0 Å². The highest BCUT2D eigenvalue weighted by molar-refractivity contribution is 5.76. The number of halogens is 3. The van der Waals surface area contributed by atoms with Crippen LogP contribution < -0.4 is 20.7 Å². The van der Waals surface area contributed by atoms with Gasteiger partial charge in [-0.25, -0.2) is 13.8 Å². The number of carbonyl (C=O) groups is 1. The molecule has 154 valence electrons. The average molecular weight is 407 g/mol. The Kier molecular flexibility index (Phi) is 6.55. The molecule has 0 atom stereocenters. The molecule has 0 saturated carbocycles. The highest BCUT2D eigenvalue weighted by Gasteiger charge is 2.22. The van der Waals surface area contributed by atoms with E-state index in [1.165, 1.54) is 23.1 Å². The topological polar surface area (TPSA) is 83.7 Å². The molecule has 0 bridgehead atoms. The molecule has 2 aromatic rings. The predicted molar refractivity (Wildman–Crippen MR) is 101 cm³/mol. The van der Waals surface area contributed by atoms with Gasteiger partial charge in [0.05, 0.1) is 18.6 Å². The van der Waals surface area contributed by atoms with Crippen molar-refractivity contribution in [2.75, 3.05) is 31.2 Å². The first-order valence-electron chi connectivity index (χ1n) is 8.91. The third-order valence-electron chi connectivity index (χ3n) is 4.13. The number of hydrogen-bond donors (Lipinski definition) is 2. The zero-order valence-electron chi connectivity index (χ0n) is 15.4. The second-order valence-corrected chi connectivity index (χ2v) is 6.24. The summed E-state index contributed by atoms with van der Waals surface area (Å²) in [6.07, 6.45) is 4.51. The minimum atomic E-state index is -1.17. The van der Waals surface area contributed by atoms with Crippen molar-refractivity contribution in [3.8, 4) is 11.6 Å². The SMILES string of the molecule is NCCC(=O)NCCN1C=CN(c2ccc(Oc3ccc(F)cn3)c(F)c2F)C1. The molecule has 0 unspecified atom stereocenters. The van der Waals surface area contributed by atoms with Gasteiger partial charge in [0.25, 0.3) is 0 Å². The molecular formula is C19H20F3N5O2. The lowest BCUT2D eigenvalue weighted by molar-refractivity contribution is -0.120. The Morgan fingerprint density at radius 1 is 1.17 bits per heavy atom. The Hall–Kier alpha value is -3.27. The average Bonchev–Trinajstić information content (AvgIpc) is 3.16. The summed E-state index contributed by atoms with van der Waals surface area (Å²) in [4.78, 5) is 18.4. The monoisotopic (exact) mass is 407 g/mol. The van der Waals surface area contributed by atoms with Crippen LogP contribution in [0.1, 0.15) is 6.42 Å². The van der Waals surface area contributed by atoms with E-state index >= 15 is 0 Å². The van der Waals surface area contributed by atoms with Gasteiger partial charge in [0.1, 0.15) is 5.82 Å². The van der Waals surface area contributed by atoms with E-state index in [1.54, 1.807) is 12.4 Å². The molecule has 0 spiro atoms. The fraction of sp³-hybridized carbons (Fsp3) is 0.263. The molecule has 3 N–H and O–H groups in total. The number of pyridine rings is 1. The van der Waals surface area contributed by atoms with E-state index in [1.807, 2.05) is 4.90 Å². The summed E-state index contributed by atoms with van der Waals surface area (Å²) in [5.74, 6) is -3.35. The summed E-state index contributed by atoms with van der Waals surface area (Å²) in [5.41, 5.74) is 5.34. The van der Waals surface area contributed by atoms with Gasteiger partial charge >= 0.3 is 0 Å². The molecule has 10 heteroatoms. The second kappa shape index (κ2) is 9.28. The van der Waals surface area contributed by atoms with Crippen LogP contribution in [0.15, 0.2) is 42.9 Å². The highest BCUT2D eigenvalue weighted by atomic mass is 19.2. The van der Waals surface area contributed by atoms with Crippen molar-refractivity contribution in [3.05, 3.63) is 60.3 Å². The fourth-order valence-corrected chi connectivity index (χ4v) is 2.68. The lowest BCUT2D eigenvalue weighted by Crippen LogP contribution is -2.35. The predicted octanol–water partition coefficient (Wildman–Crippen LogP) is 2.31. The summed E-state index contributed by atoms with van der Waals surface area (Å²) < 4.78 is 47.0. The van der Waals surface area contributed by atoms with Gasteiger partial charge in [0.2, 0.25) is 17.6 Å². The maximum atomic E-state index is 14.6. The van der Waals surface area contributed by atoms with Crippen LogP contribution in [0.5, 0.6) is 11.6 Å². The largest absolute Gasteiger partial charge is 0.436 e. The first-order chi connectivity index (χ1) is 14.0. The number of nitrogens with zero attached hydrogens (tertiary/aromatic N) is 3. The van der Waals surface area contributed by atoms with Gasteiger partial charge in [-0.15, -0.1) is 0 Å². The molecule has 1 aliphatic rings. The number of nitrogens with two attached hydrogens (primary N) is 1. The maximum absolute atomic E-state index is 14.6. The molecule has 1 aliphatic heterocycles. The van der Waals surface area contributed by atoms with E-state index in [2.05, 4.69) is 10.3 Å². The first-order valence-corrected chi connectivity index (χ1v) is 8.91. The van der Waals surface area contributed by atoms with Crippen LogP contribution in [0.25, 0.3) is 0 Å². The van der Waals surface area contributed by atoms with Crippen molar-refractivity contribution < 1.29 is 22.7 Å². The van der Waals surface area contributed by atoms with Gasteiger partial charge in [0, 0.05) is 44.5 Å². The number of rotatable bonds is 8. The van der Waals surface area contributed by atoms with Crippen molar-refractivity contribution in [1.82, 2.24) is 15.2 Å². The van der Waals surface area contributed by atoms with Crippen LogP contribution >= 0.6 is 0 Å². The van der Waals surface area contributed by atoms with E-state index in [-0.39, 0.29) is 36.2 Å². The zero-order chi connectivity index (χ0) is 20.8. The molecule has 7 nitrogen and oxygen atoms in total. The van der Waals surface area contributed by atoms with Gasteiger partial charge < -0.3 is 25.6 Å². The maximum Gasteiger partial charge on any atom is 0.221 e. The van der Waals surface area contributed by atoms with E-state index in [0.717, 1.165) is 12.3 Å². The number of benzene rings is 1. The quantitative estimate of drug-likeness (QED) is 0.699. The van der Waals surface area contributed by atoms with E-state index in [0.29, 0.717) is 19.8 Å². The van der Waals surface area contributed by atoms with Crippen LogP contribution in [-0.4, -0.2) is 42.1 Å². The molecule has 29 heavy (non-hydrogen) atoms. The van der Waals surface area contributed by atoms with Gasteiger partial charge in [-0.3, -0.25) is 4.79 Å². The molecule has 3 rings (SSSR count). The lowest BCUT2D eigenvalue weighted by atomic mass is 10.2. The van der Waals surface area contributed by atoms with Gasteiger partial charge in [-0.2, -0.15) is 4.39 Å². The molecule has 0 fully saturated rings. The van der Waals surface area contributed by atoms with E-state index in [9.17, 15) is 18.0 Å². The first kappa shape index (κ1) is 20.5. The van der Waals surface area contributed by atoms with Crippen molar-refractivity contribution in [1.29, 1.82) is 0 Å². The summed E-state index contributed by atoms with van der Waals surface area (Å²) in [7, 11) is 0.